The van der Waals surface area contributed by atoms with Crippen molar-refractivity contribution >= 4 is 8.32 Å². The lowest BCUT2D eigenvalue weighted by Crippen LogP contribution is -2.53. The monoisotopic (exact) mass is 688 g/mol. The van der Waals surface area contributed by atoms with Gasteiger partial charge >= 0.3 is 0 Å². The molecular weight excluding hydrogens is 628 g/mol. The molecule has 2 aliphatic rings. The lowest BCUT2D eigenvalue weighted by atomic mass is 9.96. The number of rotatable bonds is 22. The van der Waals surface area contributed by atoms with Gasteiger partial charge in [-0.1, -0.05) is 102 Å². The zero-order chi connectivity index (χ0) is 34.6. The summed E-state index contributed by atoms with van der Waals surface area (Å²) in [5.41, 5.74) is 2.86. The molecule has 2 heterocycles. The third kappa shape index (κ3) is 10.4. The highest BCUT2D eigenvalue weighted by Gasteiger charge is 2.63. The molecule has 0 radical (unpaired) electrons. The van der Waals surface area contributed by atoms with E-state index in [-0.39, 0.29) is 13.2 Å². The van der Waals surface area contributed by atoms with Gasteiger partial charge in [0.05, 0.1) is 66.1 Å². The van der Waals surface area contributed by atoms with Gasteiger partial charge in [-0.2, -0.15) is 0 Å². The molecular formula is C38H60O9Si. The van der Waals surface area contributed by atoms with Crippen LogP contribution in [0, 0.1) is 0 Å². The van der Waals surface area contributed by atoms with E-state index in [1.807, 2.05) is 74.5 Å². The molecule has 9 nitrogen and oxygen atoms in total. The molecule has 0 saturated carbocycles. The van der Waals surface area contributed by atoms with Gasteiger partial charge < -0.3 is 42.3 Å². The molecule has 10 heteroatoms. The van der Waals surface area contributed by atoms with Crippen LogP contribution in [0.5, 0.6) is 0 Å². The highest BCUT2D eigenvalue weighted by Crippen LogP contribution is 2.45. The minimum absolute atomic E-state index is 0.228. The van der Waals surface area contributed by atoms with Crippen molar-refractivity contribution in [3.8, 4) is 0 Å². The Kier molecular flexibility index (Phi) is 15.1. The van der Waals surface area contributed by atoms with Crippen molar-refractivity contribution in [3.05, 3.63) is 71.8 Å². The van der Waals surface area contributed by atoms with E-state index in [4.69, 9.17) is 42.3 Å². The fourth-order valence-electron chi connectivity index (χ4n) is 7.31. The molecule has 2 aliphatic heterocycles. The quantitative estimate of drug-likeness (QED) is 0.0937. The van der Waals surface area contributed by atoms with E-state index in [0.717, 1.165) is 11.1 Å². The molecule has 2 saturated heterocycles. The second kappa shape index (κ2) is 18.5. The summed E-state index contributed by atoms with van der Waals surface area (Å²) in [5.74, 6) is -0.786. The summed E-state index contributed by atoms with van der Waals surface area (Å²) in [6.45, 7) is 21.9. The van der Waals surface area contributed by atoms with Crippen molar-refractivity contribution in [2.24, 2.45) is 0 Å². The SMILES string of the molecule is CC(C)[Si](OCCOCCOCCOC[C@]1(COCc2ccccc2)O[C@@H]2OC(C)(C)O[C@@H]2[C@@H]1OCc1ccccc1)(C(C)C)C(C)C. The number of ether oxygens (including phenoxy) is 8. The van der Waals surface area contributed by atoms with Crippen LogP contribution in [0.25, 0.3) is 0 Å². The van der Waals surface area contributed by atoms with Gasteiger partial charge in [-0.05, 0) is 41.6 Å². The standard InChI is InChI=1S/C38H60O9Si/c1-29(2)48(30(3)4,31(5)6)44-24-23-40-20-19-39-21-22-41-27-38(28-42-25-32-15-11-9-12-16-32)35(43-26-33-17-13-10-14-18-33)34-36(47-38)46-37(7,8)45-34/h9-18,29-31,34-36H,19-28H2,1-8H3/t34-,35+,36+,38-/m1/s1. The summed E-state index contributed by atoms with van der Waals surface area (Å²) < 4.78 is 56.3. The molecule has 0 aliphatic carbocycles. The minimum Gasteiger partial charge on any atom is -0.414 e. The molecule has 2 fully saturated rings. The fraction of sp³-hybridized carbons (Fsp3) is 0.684. The largest absolute Gasteiger partial charge is 0.414 e. The van der Waals surface area contributed by atoms with E-state index in [1.165, 1.54) is 0 Å². The summed E-state index contributed by atoms with van der Waals surface area (Å²) in [4.78, 5) is 0. The molecule has 4 rings (SSSR count). The van der Waals surface area contributed by atoms with Crippen LogP contribution < -0.4 is 0 Å². The lowest BCUT2D eigenvalue weighted by molar-refractivity contribution is -0.265. The zero-order valence-corrected chi connectivity index (χ0v) is 31.5. The highest BCUT2D eigenvalue weighted by atomic mass is 28.4. The maximum Gasteiger partial charge on any atom is 0.200 e. The maximum absolute atomic E-state index is 6.61. The predicted octanol–water partition coefficient (Wildman–Crippen LogP) is 7.28. The highest BCUT2D eigenvalue weighted by molar-refractivity contribution is 6.77. The molecule has 48 heavy (non-hydrogen) atoms. The first-order valence-electron chi connectivity index (χ1n) is 17.7. The summed E-state index contributed by atoms with van der Waals surface area (Å²) in [5, 5.41) is 0. The van der Waals surface area contributed by atoms with E-state index in [0.29, 0.717) is 69.5 Å². The first-order valence-corrected chi connectivity index (χ1v) is 19.8. The van der Waals surface area contributed by atoms with E-state index < -0.39 is 38.2 Å². The third-order valence-corrected chi connectivity index (χ3v) is 15.5. The van der Waals surface area contributed by atoms with E-state index >= 15 is 0 Å². The van der Waals surface area contributed by atoms with Crippen LogP contribution in [0.4, 0.5) is 0 Å². The van der Waals surface area contributed by atoms with Gasteiger partial charge in [0.2, 0.25) is 0 Å². The second-order valence-corrected chi connectivity index (χ2v) is 19.8. The van der Waals surface area contributed by atoms with Crippen LogP contribution in [-0.4, -0.2) is 91.1 Å². The smallest absolute Gasteiger partial charge is 0.200 e. The van der Waals surface area contributed by atoms with Gasteiger partial charge in [-0.3, -0.25) is 0 Å². The third-order valence-electron chi connectivity index (χ3n) is 9.36. The topological polar surface area (TPSA) is 83.1 Å². The van der Waals surface area contributed by atoms with E-state index in [9.17, 15) is 0 Å². The molecule has 0 N–H and O–H groups in total. The van der Waals surface area contributed by atoms with Gasteiger partial charge in [0.15, 0.2) is 20.4 Å². The van der Waals surface area contributed by atoms with Gasteiger partial charge in [0.25, 0.3) is 0 Å². The van der Waals surface area contributed by atoms with Crippen molar-refractivity contribution in [2.45, 2.75) is 115 Å². The molecule has 0 spiro atoms. The predicted molar refractivity (Wildman–Crippen MR) is 188 cm³/mol. The molecule has 0 aromatic heterocycles. The molecule has 0 amide bonds. The van der Waals surface area contributed by atoms with Crippen molar-refractivity contribution in [1.82, 2.24) is 0 Å². The first kappa shape index (κ1) is 39.1. The summed E-state index contributed by atoms with van der Waals surface area (Å²) in [6, 6.07) is 20.1. The fourth-order valence-corrected chi connectivity index (χ4v) is 12.7. The Hall–Kier alpha value is -1.70. The Bertz CT molecular complexity index is 1160. The Morgan fingerprint density at radius 3 is 1.67 bits per heavy atom. The lowest BCUT2D eigenvalue weighted by Gasteiger charge is -2.42. The van der Waals surface area contributed by atoms with Gasteiger partial charge in [-0.15, -0.1) is 0 Å². The maximum atomic E-state index is 6.61. The van der Waals surface area contributed by atoms with Gasteiger partial charge in [0.1, 0.15) is 17.8 Å². The van der Waals surface area contributed by atoms with Crippen molar-refractivity contribution < 1.29 is 42.3 Å². The molecule has 0 bridgehead atoms. The van der Waals surface area contributed by atoms with Gasteiger partial charge in [-0.25, -0.2) is 0 Å². The molecule has 2 aromatic carbocycles. The second-order valence-electron chi connectivity index (χ2n) is 14.3. The molecule has 270 valence electrons. The van der Waals surface area contributed by atoms with Gasteiger partial charge in [0, 0.05) is 0 Å². The summed E-state index contributed by atoms with van der Waals surface area (Å²) in [6.07, 6.45) is -1.52. The minimum atomic E-state index is -1.88. The molecule has 2 aromatic rings. The Morgan fingerprint density at radius 2 is 1.10 bits per heavy atom. The number of fused-ring (bicyclic) bond motifs is 1. The summed E-state index contributed by atoms with van der Waals surface area (Å²) in [7, 11) is -1.88. The van der Waals surface area contributed by atoms with Crippen LogP contribution in [0.3, 0.4) is 0 Å². The summed E-state index contributed by atoms with van der Waals surface area (Å²) >= 11 is 0. The van der Waals surface area contributed by atoms with E-state index in [2.05, 4.69) is 41.5 Å². The number of hydrogen-bond acceptors (Lipinski definition) is 9. The van der Waals surface area contributed by atoms with Crippen LogP contribution in [0.1, 0.15) is 66.5 Å². The van der Waals surface area contributed by atoms with Crippen molar-refractivity contribution in [3.63, 3.8) is 0 Å². The average molecular weight is 689 g/mol. The number of hydrogen-bond donors (Lipinski definition) is 0. The van der Waals surface area contributed by atoms with Crippen LogP contribution >= 0.6 is 0 Å². The Labute approximate surface area is 289 Å². The average Bonchev–Trinajstić information content (AvgIpc) is 3.48. The Balaban J connectivity index is 1.27. The van der Waals surface area contributed by atoms with Crippen LogP contribution in [0.15, 0.2) is 60.7 Å². The van der Waals surface area contributed by atoms with Crippen molar-refractivity contribution in [1.29, 1.82) is 0 Å². The molecule has 0 unspecified atom stereocenters. The van der Waals surface area contributed by atoms with Crippen molar-refractivity contribution in [2.75, 3.05) is 52.9 Å². The normalized spacial score (nSPS) is 23.9. The molecule has 4 atom stereocenters. The first-order chi connectivity index (χ1) is 23.0. The Morgan fingerprint density at radius 1 is 0.604 bits per heavy atom. The zero-order valence-electron chi connectivity index (χ0n) is 30.5. The van der Waals surface area contributed by atoms with Crippen LogP contribution in [-0.2, 0) is 55.5 Å². The van der Waals surface area contributed by atoms with E-state index in [1.54, 1.807) is 0 Å². The van der Waals surface area contributed by atoms with Crippen LogP contribution in [0.2, 0.25) is 16.6 Å². The number of benzene rings is 2.